The first-order chi connectivity index (χ1) is 8.60. The number of piperidine rings is 1. The van der Waals surface area contributed by atoms with E-state index in [1.807, 2.05) is 6.92 Å². The molecule has 0 aromatic heterocycles. The van der Waals surface area contributed by atoms with E-state index in [2.05, 4.69) is 24.1 Å². The van der Waals surface area contributed by atoms with E-state index in [0.717, 1.165) is 25.3 Å². The van der Waals surface area contributed by atoms with E-state index in [-0.39, 0.29) is 11.9 Å². The molecule has 1 heterocycles. The summed E-state index contributed by atoms with van der Waals surface area (Å²) in [6.45, 7) is 8.54. The molecular formula is C14H29N3O. The van der Waals surface area contributed by atoms with Gasteiger partial charge in [0.05, 0.1) is 6.54 Å². The van der Waals surface area contributed by atoms with Crippen LogP contribution in [0.15, 0.2) is 0 Å². The Morgan fingerprint density at radius 3 is 2.78 bits per heavy atom. The normalized spacial score (nSPS) is 26.9. The van der Waals surface area contributed by atoms with Gasteiger partial charge in [-0.3, -0.25) is 9.69 Å². The van der Waals surface area contributed by atoms with Gasteiger partial charge >= 0.3 is 0 Å². The number of nitrogens with zero attached hydrogens (tertiary/aromatic N) is 1. The molecule has 1 aliphatic rings. The number of nitrogens with one attached hydrogen (secondary N) is 1. The molecular weight excluding hydrogens is 226 g/mol. The Morgan fingerprint density at radius 1 is 1.50 bits per heavy atom. The van der Waals surface area contributed by atoms with Gasteiger partial charge < -0.3 is 11.1 Å². The van der Waals surface area contributed by atoms with Crippen molar-refractivity contribution < 1.29 is 4.79 Å². The summed E-state index contributed by atoms with van der Waals surface area (Å²) in [5.74, 6) is 0.921. The molecule has 0 saturated carbocycles. The number of carbonyl (C=O) groups excluding carboxylic acids is 1. The molecule has 0 aromatic carbocycles. The molecule has 0 radical (unpaired) electrons. The molecule has 0 aromatic rings. The third-order valence-corrected chi connectivity index (χ3v) is 4.16. The molecule has 18 heavy (non-hydrogen) atoms. The van der Waals surface area contributed by atoms with E-state index < -0.39 is 0 Å². The molecule has 1 fully saturated rings. The first-order valence-electron chi connectivity index (χ1n) is 7.34. The van der Waals surface area contributed by atoms with Crippen molar-refractivity contribution in [2.24, 2.45) is 11.7 Å². The first-order valence-corrected chi connectivity index (χ1v) is 7.34. The maximum Gasteiger partial charge on any atom is 0.234 e. The van der Waals surface area contributed by atoms with E-state index in [9.17, 15) is 4.79 Å². The van der Waals surface area contributed by atoms with Crippen molar-refractivity contribution in [1.29, 1.82) is 0 Å². The minimum absolute atomic E-state index is 0.137. The summed E-state index contributed by atoms with van der Waals surface area (Å²) < 4.78 is 0. The van der Waals surface area contributed by atoms with Crippen molar-refractivity contribution in [2.45, 2.75) is 58.5 Å². The van der Waals surface area contributed by atoms with Gasteiger partial charge in [0, 0.05) is 18.6 Å². The zero-order chi connectivity index (χ0) is 13.5. The Kier molecular flexibility index (Phi) is 6.65. The van der Waals surface area contributed by atoms with Crippen LogP contribution in [0.4, 0.5) is 0 Å². The van der Waals surface area contributed by atoms with Crippen LogP contribution in [0.5, 0.6) is 0 Å². The largest absolute Gasteiger partial charge is 0.353 e. The molecule has 1 aliphatic heterocycles. The highest BCUT2D eigenvalue weighted by Gasteiger charge is 2.27. The summed E-state index contributed by atoms with van der Waals surface area (Å²) in [7, 11) is 0. The topological polar surface area (TPSA) is 58.4 Å². The molecule has 0 bridgehead atoms. The zero-order valence-electron chi connectivity index (χ0n) is 12.1. The molecule has 1 rings (SSSR count). The second-order valence-electron chi connectivity index (χ2n) is 5.54. The van der Waals surface area contributed by atoms with Crippen molar-refractivity contribution >= 4 is 5.91 Å². The lowest BCUT2D eigenvalue weighted by Crippen LogP contribution is -2.51. The van der Waals surface area contributed by atoms with E-state index in [1.165, 1.54) is 12.8 Å². The van der Waals surface area contributed by atoms with Crippen molar-refractivity contribution in [3.05, 3.63) is 0 Å². The lowest BCUT2D eigenvalue weighted by Gasteiger charge is -2.38. The number of nitrogens with two attached hydrogens (primary N) is 1. The molecule has 0 spiro atoms. The van der Waals surface area contributed by atoms with Gasteiger partial charge in [-0.1, -0.05) is 20.3 Å². The summed E-state index contributed by atoms with van der Waals surface area (Å²) in [6.07, 6.45) is 4.54. The van der Waals surface area contributed by atoms with E-state index in [1.54, 1.807) is 0 Å². The van der Waals surface area contributed by atoms with Gasteiger partial charge in [0.2, 0.25) is 5.91 Å². The van der Waals surface area contributed by atoms with Gasteiger partial charge in [-0.2, -0.15) is 0 Å². The van der Waals surface area contributed by atoms with Crippen LogP contribution in [0.3, 0.4) is 0 Å². The van der Waals surface area contributed by atoms with Crippen LogP contribution in [-0.2, 0) is 4.79 Å². The van der Waals surface area contributed by atoms with Gasteiger partial charge in [0.1, 0.15) is 0 Å². The van der Waals surface area contributed by atoms with Crippen LogP contribution in [0.25, 0.3) is 0 Å². The number of amides is 1. The van der Waals surface area contributed by atoms with Crippen LogP contribution >= 0.6 is 0 Å². The average molecular weight is 255 g/mol. The Hall–Kier alpha value is -0.610. The number of carbonyl (C=O) groups is 1. The summed E-state index contributed by atoms with van der Waals surface area (Å²) in [4.78, 5) is 14.2. The Labute approximate surface area is 111 Å². The standard InChI is InChI=1S/C14H29N3O/c1-4-11(3)16-14(18)10-17-7-6-12(5-2)8-13(17)9-15/h11-13H,4-10,15H2,1-3H3,(H,16,18). The highest BCUT2D eigenvalue weighted by molar-refractivity contribution is 5.78. The summed E-state index contributed by atoms with van der Waals surface area (Å²) in [5, 5.41) is 3.03. The fourth-order valence-corrected chi connectivity index (χ4v) is 2.61. The molecule has 4 nitrogen and oxygen atoms in total. The second-order valence-corrected chi connectivity index (χ2v) is 5.54. The molecule has 3 N–H and O–H groups in total. The second kappa shape index (κ2) is 7.74. The highest BCUT2D eigenvalue weighted by atomic mass is 16.2. The SMILES string of the molecule is CCC1CCN(CC(=O)NC(C)CC)C(CN)C1. The highest BCUT2D eigenvalue weighted by Crippen LogP contribution is 2.24. The Bertz CT molecular complexity index is 257. The smallest absolute Gasteiger partial charge is 0.234 e. The van der Waals surface area contributed by atoms with E-state index in [4.69, 9.17) is 5.73 Å². The van der Waals surface area contributed by atoms with Gasteiger partial charge in [-0.15, -0.1) is 0 Å². The quantitative estimate of drug-likeness (QED) is 0.753. The van der Waals surface area contributed by atoms with Crippen molar-refractivity contribution in [2.75, 3.05) is 19.6 Å². The first kappa shape index (κ1) is 15.4. The number of likely N-dealkylation sites (tertiary alicyclic amines) is 1. The molecule has 106 valence electrons. The van der Waals surface area contributed by atoms with E-state index >= 15 is 0 Å². The lowest BCUT2D eigenvalue weighted by atomic mass is 9.89. The number of hydrogen-bond donors (Lipinski definition) is 2. The number of rotatable bonds is 6. The fraction of sp³-hybridized carbons (Fsp3) is 0.929. The molecule has 3 atom stereocenters. The monoisotopic (exact) mass is 255 g/mol. The van der Waals surface area contributed by atoms with Crippen LogP contribution in [0.1, 0.15) is 46.5 Å². The molecule has 3 unspecified atom stereocenters. The Morgan fingerprint density at radius 2 is 2.22 bits per heavy atom. The van der Waals surface area contributed by atoms with Gasteiger partial charge in [-0.25, -0.2) is 0 Å². The summed E-state index contributed by atoms with van der Waals surface area (Å²) >= 11 is 0. The van der Waals surface area contributed by atoms with Crippen LogP contribution in [-0.4, -0.2) is 42.5 Å². The zero-order valence-corrected chi connectivity index (χ0v) is 12.1. The fourth-order valence-electron chi connectivity index (χ4n) is 2.61. The number of hydrogen-bond acceptors (Lipinski definition) is 3. The van der Waals surface area contributed by atoms with Crippen LogP contribution in [0.2, 0.25) is 0 Å². The summed E-state index contributed by atoms with van der Waals surface area (Å²) in [5.41, 5.74) is 5.84. The molecule has 4 heteroatoms. The maximum atomic E-state index is 11.9. The predicted octanol–water partition coefficient (Wildman–Crippen LogP) is 1.35. The van der Waals surface area contributed by atoms with Crippen molar-refractivity contribution in [1.82, 2.24) is 10.2 Å². The molecule has 0 aliphatic carbocycles. The maximum absolute atomic E-state index is 11.9. The Balaban J connectivity index is 2.43. The minimum Gasteiger partial charge on any atom is -0.353 e. The van der Waals surface area contributed by atoms with Crippen LogP contribution < -0.4 is 11.1 Å². The third kappa shape index (κ3) is 4.58. The van der Waals surface area contributed by atoms with Gasteiger partial charge in [-0.05, 0) is 38.6 Å². The van der Waals surface area contributed by atoms with Crippen molar-refractivity contribution in [3.8, 4) is 0 Å². The molecule has 1 saturated heterocycles. The van der Waals surface area contributed by atoms with Crippen molar-refractivity contribution in [3.63, 3.8) is 0 Å². The molecule has 1 amide bonds. The van der Waals surface area contributed by atoms with Crippen LogP contribution in [0, 0.1) is 5.92 Å². The lowest BCUT2D eigenvalue weighted by molar-refractivity contribution is -0.123. The average Bonchev–Trinajstić information content (AvgIpc) is 2.38. The minimum atomic E-state index is 0.137. The predicted molar refractivity (Wildman–Crippen MR) is 75.3 cm³/mol. The third-order valence-electron chi connectivity index (χ3n) is 4.16. The van der Waals surface area contributed by atoms with E-state index in [0.29, 0.717) is 19.1 Å². The van der Waals surface area contributed by atoms with Gasteiger partial charge in [0.25, 0.3) is 0 Å². The van der Waals surface area contributed by atoms with Gasteiger partial charge in [0.15, 0.2) is 0 Å². The summed E-state index contributed by atoms with van der Waals surface area (Å²) in [6, 6.07) is 0.647.